The molecule has 0 spiro atoms. The molecule has 1 aliphatic rings. The number of fused-ring (bicyclic) bond motifs is 1. The molecular formula is C17H21NO2S. The van der Waals surface area contributed by atoms with Crippen LogP contribution in [0.3, 0.4) is 0 Å². The van der Waals surface area contributed by atoms with E-state index in [9.17, 15) is 4.79 Å². The van der Waals surface area contributed by atoms with Gasteiger partial charge in [0.05, 0.1) is 11.9 Å². The summed E-state index contributed by atoms with van der Waals surface area (Å²) in [5, 5.41) is 1.04. The normalized spacial score (nSPS) is 19.0. The molecule has 0 unspecified atom stereocenters. The van der Waals surface area contributed by atoms with E-state index in [-0.39, 0.29) is 5.78 Å². The molecule has 21 heavy (non-hydrogen) atoms. The standard InChI is InChI=1S/C17H21NO2S/c1-12-17(14-7-2-3-8-15(14)18-12)16(19)11-21-10-13-6-4-5-9-20-13/h2-3,7-8,13,18H,4-6,9-11H2,1H3/t13-/m0/s1. The van der Waals surface area contributed by atoms with Gasteiger partial charge in [-0.05, 0) is 32.3 Å². The van der Waals surface area contributed by atoms with Crippen molar-refractivity contribution in [3.8, 4) is 0 Å². The number of ether oxygens (including phenoxy) is 1. The van der Waals surface area contributed by atoms with Crippen molar-refractivity contribution in [3.05, 3.63) is 35.5 Å². The zero-order chi connectivity index (χ0) is 14.7. The second-order valence-electron chi connectivity index (χ2n) is 5.60. The van der Waals surface area contributed by atoms with Gasteiger partial charge in [-0.2, -0.15) is 11.8 Å². The van der Waals surface area contributed by atoms with Crippen LogP contribution in [0.2, 0.25) is 0 Å². The number of carbonyl (C=O) groups excluding carboxylic acids is 1. The van der Waals surface area contributed by atoms with Gasteiger partial charge in [0.2, 0.25) is 0 Å². The number of thioether (sulfide) groups is 1. The topological polar surface area (TPSA) is 42.1 Å². The number of aromatic nitrogens is 1. The maximum Gasteiger partial charge on any atom is 0.175 e. The Labute approximate surface area is 129 Å². The highest BCUT2D eigenvalue weighted by Gasteiger charge is 2.18. The van der Waals surface area contributed by atoms with Crippen LogP contribution in [0.4, 0.5) is 0 Å². The van der Waals surface area contributed by atoms with Gasteiger partial charge in [-0.25, -0.2) is 0 Å². The Morgan fingerprint density at radius 2 is 2.24 bits per heavy atom. The van der Waals surface area contributed by atoms with Gasteiger partial charge in [0.25, 0.3) is 0 Å². The smallest absolute Gasteiger partial charge is 0.175 e. The molecule has 2 heterocycles. The van der Waals surface area contributed by atoms with Crippen molar-refractivity contribution >= 4 is 28.4 Å². The lowest BCUT2D eigenvalue weighted by Gasteiger charge is -2.21. The van der Waals surface area contributed by atoms with Crippen molar-refractivity contribution in [3.63, 3.8) is 0 Å². The second-order valence-corrected chi connectivity index (χ2v) is 6.63. The average Bonchev–Trinajstić information content (AvgIpc) is 2.84. The van der Waals surface area contributed by atoms with Crippen molar-refractivity contribution in [2.75, 3.05) is 18.1 Å². The fraction of sp³-hybridized carbons (Fsp3) is 0.471. The molecule has 0 bridgehead atoms. The SMILES string of the molecule is Cc1[nH]c2ccccc2c1C(=O)CSC[C@@H]1CCCCO1. The van der Waals surface area contributed by atoms with Gasteiger partial charge in [0.1, 0.15) is 0 Å². The van der Waals surface area contributed by atoms with E-state index in [0.29, 0.717) is 11.9 Å². The highest BCUT2D eigenvalue weighted by molar-refractivity contribution is 8.00. The first-order chi connectivity index (χ1) is 10.3. The monoisotopic (exact) mass is 303 g/mol. The van der Waals surface area contributed by atoms with Crippen LogP contribution in [0, 0.1) is 6.92 Å². The first kappa shape index (κ1) is 14.7. The number of hydrogen-bond acceptors (Lipinski definition) is 3. The van der Waals surface area contributed by atoms with Crippen LogP contribution in [0.5, 0.6) is 0 Å². The van der Waals surface area contributed by atoms with E-state index < -0.39 is 0 Å². The van der Waals surface area contributed by atoms with E-state index in [2.05, 4.69) is 4.98 Å². The van der Waals surface area contributed by atoms with Crippen LogP contribution in [0.15, 0.2) is 24.3 Å². The zero-order valence-corrected chi connectivity index (χ0v) is 13.2. The fourth-order valence-electron chi connectivity index (χ4n) is 2.93. The lowest BCUT2D eigenvalue weighted by molar-refractivity contribution is 0.0315. The molecule has 3 rings (SSSR count). The van der Waals surface area contributed by atoms with E-state index in [0.717, 1.165) is 40.9 Å². The number of hydrogen-bond donors (Lipinski definition) is 1. The molecule has 1 saturated heterocycles. The van der Waals surface area contributed by atoms with Gasteiger partial charge in [0.15, 0.2) is 5.78 Å². The molecule has 2 aromatic rings. The number of rotatable bonds is 5. The van der Waals surface area contributed by atoms with Gasteiger partial charge >= 0.3 is 0 Å². The third kappa shape index (κ3) is 3.33. The van der Waals surface area contributed by atoms with Gasteiger partial charge < -0.3 is 9.72 Å². The molecule has 4 heteroatoms. The maximum absolute atomic E-state index is 12.5. The number of aryl methyl sites for hydroxylation is 1. The first-order valence-electron chi connectivity index (χ1n) is 7.55. The third-order valence-electron chi connectivity index (χ3n) is 3.98. The van der Waals surface area contributed by atoms with E-state index in [4.69, 9.17) is 4.74 Å². The third-order valence-corrected chi connectivity index (χ3v) is 5.06. The zero-order valence-electron chi connectivity index (χ0n) is 12.4. The van der Waals surface area contributed by atoms with Gasteiger partial charge in [0, 0.05) is 34.5 Å². The molecule has 0 amide bonds. The molecule has 1 aromatic carbocycles. The number of para-hydroxylation sites is 1. The van der Waals surface area contributed by atoms with Crippen LogP contribution in [0.25, 0.3) is 10.9 Å². The Bertz CT molecular complexity index is 629. The molecule has 0 radical (unpaired) electrons. The first-order valence-corrected chi connectivity index (χ1v) is 8.71. The van der Waals surface area contributed by atoms with E-state index in [1.165, 1.54) is 12.8 Å². The van der Waals surface area contributed by atoms with Crippen LogP contribution in [-0.2, 0) is 4.74 Å². The minimum Gasteiger partial charge on any atom is -0.377 e. The molecule has 1 aromatic heterocycles. The minimum absolute atomic E-state index is 0.214. The summed E-state index contributed by atoms with van der Waals surface area (Å²) in [5.74, 6) is 1.67. The molecule has 1 atom stereocenters. The summed E-state index contributed by atoms with van der Waals surface area (Å²) in [7, 11) is 0. The Morgan fingerprint density at radius 1 is 1.38 bits per heavy atom. The molecule has 0 saturated carbocycles. The van der Waals surface area contributed by atoms with Gasteiger partial charge in [-0.15, -0.1) is 0 Å². The van der Waals surface area contributed by atoms with Crippen LogP contribution in [0.1, 0.15) is 35.3 Å². The van der Waals surface area contributed by atoms with Crippen LogP contribution >= 0.6 is 11.8 Å². The number of H-pyrrole nitrogens is 1. The van der Waals surface area contributed by atoms with Crippen molar-refractivity contribution in [1.82, 2.24) is 4.98 Å². The molecule has 0 aliphatic carbocycles. The highest BCUT2D eigenvalue weighted by Crippen LogP contribution is 2.24. The Hall–Kier alpha value is -1.26. The molecule has 1 fully saturated rings. The van der Waals surface area contributed by atoms with Crippen LogP contribution < -0.4 is 0 Å². The number of ketones is 1. The summed E-state index contributed by atoms with van der Waals surface area (Å²) >= 11 is 1.69. The number of benzene rings is 1. The summed E-state index contributed by atoms with van der Waals surface area (Å²) in [4.78, 5) is 15.8. The second kappa shape index (κ2) is 6.67. The fourth-order valence-corrected chi connectivity index (χ4v) is 3.90. The Kier molecular flexibility index (Phi) is 4.66. The van der Waals surface area contributed by atoms with Gasteiger partial charge in [-0.3, -0.25) is 4.79 Å². The lowest BCUT2D eigenvalue weighted by atomic mass is 10.1. The van der Waals surface area contributed by atoms with E-state index >= 15 is 0 Å². The number of Topliss-reactive ketones (excluding diaryl/α,β-unsaturated/α-hetero) is 1. The molecule has 112 valence electrons. The Balaban J connectivity index is 1.62. The van der Waals surface area contributed by atoms with Crippen LogP contribution in [-0.4, -0.2) is 35.0 Å². The highest BCUT2D eigenvalue weighted by atomic mass is 32.2. The molecule has 1 aliphatic heterocycles. The number of carbonyl (C=O) groups is 1. The summed E-state index contributed by atoms with van der Waals surface area (Å²) in [5.41, 5.74) is 2.86. The van der Waals surface area contributed by atoms with Crippen molar-refractivity contribution in [1.29, 1.82) is 0 Å². The predicted octanol–water partition coefficient (Wildman–Crippen LogP) is 3.96. The lowest BCUT2D eigenvalue weighted by Crippen LogP contribution is -2.22. The Morgan fingerprint density at radius 3 is 3.05 bits per heavy atom. The summed E-state index contributed by atoms with van der Waals surface area (Å²) in [6.45, 7) is 2.85. The number of nitrogens with one attached hydrogen (secondary N) is 1. The minimum atomic E-state index is 0.214. The summed E-state index contributed by atoms with van der Waals surface area (Å²) in [6.07, 6.45) is 3.89. The molecule has 1 N–H and O–H groups in total. The summed E-state index contributed by atoms with van der Waals surface area (Å²) < 4.78 is 5.71. The maximum atomic E-state index is 12.5. The van der Waals surface area contributed by atoms with Crippen molar-refractivity contribution in [2.24, 2.45) is 0 Å². The largest absolute Gasteiger partial charge is 0.377 e. The molecule has 3 nitrogen and oxygen atoms in total. The number of aromatic amines is 1. The van der Waals surface area contributed by atoms with E-state index in [1.807, 2.05) is 31.2 Å². The van der Waals surface area contributed by atoms with Crippen molar-refractivity contribution < 1.29 is 9.53 Å². The predicted molar refractivity (Wildman–Crippen MR) is 88.3 cm³/mol. The van der Waals surface area contributed by atoms with E-state index in [1.54, 1.807) is 11.8 Å². The summed E-state index contributed by atoms with van der Waals surface area (Å²) in [6, 6.07) is 8.00. The van der Waals surface area contributed by atoms with Crippen molar-refractivity contribution in [2.45, 2.75) is 32.3 Å². The quantitative estimate of drug-likeness (QED) is 0.850. The molecular weight excluding hydrogens is 282 g/mol. The average molecular weight is 303 g/mol. The van der Waals surface area contributed by atoms with Gasteiger partial charge in [-0.1, -0.05) is 18.2 Å².